The molecule has 2 aliphatic rings. The number of aryl methyl sites for hydroxylation is 2. The van der Waals surface area contributed by atoms with Gasteiger partial charge in [0.25, 0.3) is 11.8 Å². The van der Waals surface area contributed by atoms with Crippen LogP contribution in [-0.2, 0) is 11.8 Å². The fraction of sp³-hybridized carbons (Fsp3) is 0.323. The van der Waals surface area contributed by atoms with Crippen LogP contribution in [0.5, 0.6) is 0 Å². The molecule has 1 N–H and O–H groups in total. The molecule has 0 bridgehead atoms. The van der Waals surface area contributed by atoms with Crippen molar-refractivity contribution in [1.82, 2.24) is 14.7 Å². The summed E-state index contributed by atoms with van der Waals surface area (Å²) in [4.78, 5) is 28.0. The Morgan fingerprint density at radius 3 is 2.47 bits per heavy atom. The van der Waals surface area contributed by atoms with Gasteiger partial charge in [0.1, 0.15) is 5.83 Å². The molecule has 0 saturated carbocycles. The van der Waals surface area contributed by atoms with Crippen molar-refractivity contribution in [3.05, 3.63) is 95.1 Å². The number of amides is 2. The van der Waals surface area contributed by atoms with E-state index in [1.807, 2.05) is 44.3 Å². The quantitative estimate of drug-likeness (QED) is 0.444. The highest BCUT2D eigenvalue weighted by Crippen LogP contribution is 2.31. The predicted octanol–water partition coefficient (Wildman–Crippen LogP) is 6.17. The molecule has 38 heavy (non-hydrogen) atoms. The van der Waals surface area contributed by atoms with Crippen molar-refractivity contribution >= 4 is 17.5 Å². The first-order valence-corrected chi connectivity index (χ1v) is 13.2. The van der Waals surface area contributed by atoms with Crippen LogP contribution in [0.1, 0.15) is 53.6 Å². The number of piperidine rings is 1. The van der Waals surface area contributed by atoms with Gasteiger partial charge in [0, 0.05) is 43.1 Å². The summed E-state index contributed by atoms with van der Waals surface area (Å²) in [5, 5.41) is 7.06. The van der Waals surface area contributed by atoms with Gasteiger partial charge in [-0.3, -0.25) is 14.3 Å². The molecule has 1 aliphatic heterocycles. The molecule has 2 heterocycles. The summed E-state index contributed by atoms with van der Waals surface area (Å²) in [5.74, 6) is -0.536. The van der Waals surface area contributed by atoms with Crippen LogP contribution in [0.3, 0.4) is 0 Å². The maximum Gasteiger partial charge on any atom is 0.258 e. The van der Waals surface area contributed by atoms with Gasteiger partial charge >= 0.3 is 0 Å². The summed E-state index contributed by atoms with van der Waals surface area (Å²) in [6.07, 6.45) is 9.35. The minimum absolute atomic E-state index is 0.0513. The average molecular weight is 513 g/mol. The third-order valence-electron chi connectivity index (χ3n) is 7.56. The molecule has 1 aromatic heterocycles. The lowest BCUT2D eigenvalue weighted by molar-refractivity contribution is -0.112. The smallest absolute Gasteiger partial charge is 0.258 e. The standard InChI is InChI=1S/C31H33FN4O2/c1-20-4-11-28(32)27(16-20)30(37)34-29-17-25(6-5-21(29)2)31(38)36-14-12-24(13-15-36)22-7-9-23(10-8-22)26-18-33-35(3)19-26/h5-11,16-20,24H,4,12-15H2,1-3H3,(H,34,37). The summed E-state index contributed by atoms with van der Waals surface area (Å²) in [6.45, 7) is 5.15. The van der Waals surface area contributed by atoms with Crippen molar-refractivity contribution < 1.29 is 14.0 Å². The van der Waals surface area contributed by atoms with Gasteiger partial charge in [-0.1, -0.05) is 43.3 Å². The molecular weight excluding hydrogens is 479 g/mol. The van der Waals surface area contributed by atoms with Crippen molar-refractivity contribution in [2.24, 2.45) is 13.0 Å². The van der Waals surface area contributed by atoms with Gasteiger partial charge in [0.05, 0.1) is 11.8 Å². The molecule has 5 rings (SSSR count). The van der Waals surface area contributed by atoms with E-state index >= 15 is 0 Å². The Hall–Kier alpha value is -4.00. The van der Waals surface area contributed by atoms with Crippen LogP contribution >= 0.6 is 0 Å². The van der Waals surface area contributed by atoms with E-state index in [2.05, 4.69) is 34.7 Å². The molecule has 3 aromatic rings. The Labute approximate surface area is 222 Å². The Morgan fingerprint density at radius 1 is 1.05 bits per heavy atom. The van der Waals surface area contributed by atoms with Gasteiger partial charge in [-0.15, -0.1) is 0 Å². The summed E-state index contributed by atoms with van der Waals surface area (Å²) >= 11 is 0. The molecule has 0 spiro atoms. The lowest BCUT2D eigenvalue weighted by Gasteiger charge is -2.32. The number of nitrogens with one attached hydrogen (secondary N) is 1. The first-order valence-electron chi connectivity index (χ1n) is 13.2. The highest BCUT2D eigenvalue weighted by atomic mass is 19.1. The zero-order valence-electron chi connectivity index (χ0n) is 22.1. The molecule has 1 atom stereocenters. The molecule has 2 amide bonds. The Balaban J connectivity index is 1.22. The van der Waals surface area contributed by atoms with Crippen molar-refractivity contribution in [3.63, 3.8) is 0 Å². The van der Waals surface area contributed by atoms with Crippen LogP contribution in [0.15, 0.2) is 78.4 Å². The van der Waals surface area contributed by atoms with E-state index in [1.165, 1.54) is 11.6 Å². The Bertz CT molecular complexity index is 1410. The maximum atomic E-state index is 14.2. The highest BCUT2D eigenvalue weighted by molar-refractivity contribution is 6.07. The topological polar surface area (TPSA) is 67.2 Å². The monoisotopic (exact) mass is 512 g/mol. The van der Waals surface area contributed by atoms with Crippen molar-refractivity contribution in [1.29, 1.82) is 0 Å². The number of benzene rings is 2. The second kappa shape index (κ2) is 10.8. The third kappa shape index (κ3) is 5.47. The van der Waals surface area contributed by atoms with Gasteiger partial charge in [-0.25, -0.2) is 4.39 Å². The molecule has 196 valence electrons. The van der Waals surface area contributed by atoms with Gasteiger partial charge in [-0.2, -0.15) is 5.10 Å². The number of nitrogens with zero attached hydrogens (tertiary/aromatic N) is 3. The number of likely N-dealkylation sites (tertiary alicyclic amines) is 1. The minimum atomic E-state index is -0.500. The second-order valence-corrected chi connectivity index (χ2v) is 10.4. The number of carbonyl (C=O) groups excluding carboxylic acids is 2. The van der Waals surface area contributed by atoms with Gasteiger partial charge in [0.2, 0.25) is 0 Å². The number of anilines is 1. The number of aromatic nitrogens is 2. The highest BCUT2D eigenvalue weighted by Gasteiger charge is 2.26. The third-order valence-corrected chi connectivity index (χ3v) is 7.56. The predicted molar refractivity (Wildman–Crippen MR) is 147 cm³/mol. The van der Waals surface area contributed by atoms with E-state index in [-0.39, 0.29) is 17.4 Å². The second-order valence-electron chi connectivity index (χ2n) is 10.4. The fourth-order valence-electron chi connectivity index (χ4n) is 5.21. The Kier molecular flexibility index (Phi) is 7.27. The minimum Gasteiger partial charge on any atom is -0.339 e. The lowest BCUT2D eigenvalue weighted by atomic mass is 9.88. The van der Waals surface area contributed by atoms with E-state index in [0.29, 0.717) is 36.7 Å². The molecule has 6 nitrogen and oxygen atoms in total. The number of carbonyl (C=O) groups is 2. The summed E-state index contributed by atoms with van der Waals surface area (Å²) < 4.78 is 16.0. The fourth-order valence-corrected chi connectivity index (χ4v) is 5.21. The van der Waals surface area contributed by atoms with Crippen LogP contribution in [0.2, 0.25) is 0 Å². The van der Waals surface area contributed by atoms with E-state index in [4.69, 9.17) is 0 Å². The number of allylic oxidation sites excluding steroid dienone is 2. The van der Waals surface area contributed by atoms with Crippen LogP contribution in [0.25, 0.3) is 11.1 Å². The lowest BCUT2D eigenvalue weighted by Crippen LogP contribution is -2.38. The SMILES string of the molecule is Cc1ccc(C(=O)N2CCC(c3ccc(-c4cnn(C)c4)cc3)CC2)cc1NC(=O)C1=CC(C)CC=C1F. The molecule has 7 heteroatoms. The van der Waals surface area contributed by atoms with Gasteiger partial charge in [-0.05, 0) is 72.9 Å². The van der Waals surface area contributed by atoms with Gasteiger partial charge in [0.15, 0.2) is 0 Å². The van der Waals surface area contributed by atoms with Crippen LogP contribution in [0.4, 0.5) is 10.1 Å². The van der Waals surface area contributed by atoms with Crippen molar-refractivity contribution in [2.75, 3.05) is 18.4 Å². The molecular formula is C31H33FN4O2. The van der Waals surface area contributed by atoms with Crippen LogP contribution in [-0.4, -0.2) is 39.6 Å². The summed E-state index contributed by atoms with van der Waals surface area (Å²) in [5.41, 5.74) is 5.44. The molecule has 1 saturated heterocycles. The number of hydrogen-bond donors (Lipinski definition) is 1. The first-order chi connectivity index (χ1) is 18.3. The normalized spacial score (nSPS) is 18.1. The van der Waals surface area contributed by atoms with E-state index in [9.17, 15) is 14.0 Å². The van der Waals surface area contributed by atoms with Crippen LogP contribution < -0.4 is 5.32 Å². The Morgan fingerprint density at radius 2 is 1.79 bits per heavy atom. The summed E-state index contributed by atoms with van der Waals surface area (Å²) in [6, 6.07) is 13.9. The zero-order chi connectivity index (χ0) is 26.8. The number of rotatable bonds is 5. The number of halogens is 1. The van der Waals surface area contributed by atoms with Crippen LogP contribution in [0, 0.1) is 12.8 Å². The van der Waals surface area contributed by atoms with Crippen molar-refractivity contribution in [3.8, 4) is 11.1 Å². The molecule has 1 fully saturated rings. The summed E-state index contributed by atoms with van der Waals surface area (Å²) in [7, 11) is 1.91. The van der Waals surface area contributed by atoms with E-state index in [1.54, 1.807) is 22.9 Å². The van der Waals surface area contributed by atoms with Gasteiger partial charge < -0.3 is 10.2 Å². The van der Waals surface area contributed by atoms with E-state index in [0.717, 1.165) is 29.5 Å². The molecule has 1 aliphatic carbocycles. The zero-order valence-corrected chi connectivity index (χ0v) is 22.1. The molecule has 2 aromatic carbocycles. The molecule has 0 radical (unpaired) electrons. The average Bonchev–Trinajstić information content (AvgIpc) is 3.37. The maximum absolute atomic E-state index is 14.2. The van der Waals surface area contributed by atoms with E-state index < -0.39 is 11.7 Å². The van der Waals surface area contributed by atoms with Crippen molar-refractivity contribution in [2.45, 2.75) is 39.0 Å². The number of hydrogen-bond acceptors (Lipinski definition) is 3. The molecule has 1 unspecified atom stereocenters. The largest absolute Gasteiger partial charge is 0.339 e. The first kappa shape index (κ1) is 25.6.